The van der Waals surface area contributed by atoms with E-state index in [-0.39, 0.29) is 5.91 Å². The van der Waals surface area contributed by atoms with Gasteiger partial charge in [0.25, 0.3) is 0 Å². The number of carbonyl (C=O) groups is 1. The first kappa shape index (κ1) is 20.7. The van der Waals surface area contributed by atoms with Crippen molar-refractivity contribution in [3.05, 3.63) is 18.7 Å². The van der Waals surface area contributed by atoms with Gasteiger partial charge in [-0.2, -0.15) is 0 Å². The van der Waals surface area contributed by atoms with Crippen molar-refractivity contribution in [2.45, 2.75) is 57.9 Å². The highest BCUT2D eigenvalue weighted by atomic mass is 16.1. The van der Waals surface area contributed by atoms with Gasteiger partial charge in [-0.3, -0.25) is 9.79 Å². The molecule has 2 fully saturated rings. The van der Waals surface area contributed by atoms with E-state index in [1.165, 1.54) is 32.1 Å². The number of carbonyl (C=O) groups excluding carboxylic acids is 1. The molecule has 3 rings (SSSR count). The van der Waals surface area contributed by atoms with Crippen molar-refractivity contribution in [3.8, 4) is 0 Å². The second kappa shape index (κ2) is 10.5. The van der Waals surface area contributed by atoms with Gasteiger partial charge >= 0.3 is 0 Å². The molecule has 0 aromatic carbocycles. The molecular formula is C21H36N6O. The third-order valence-corrected chi connectivity index (χ3v) is 6.27. The number of rotatable bonds is 6. The molecule has 28 heavy (non-hydrogen) atoms. The maximum Gasteiger partial charge on any atom is 0.220 e. The standard InChI is InChI=1S/C21H36N6O/c1-17-8-12-26(15-19(17)27-13-11-23-16-27)21(22-2)25-10-9-24-20(28)14-18-6-4-3-5-7-18/h11,13,16-19H,3-10,12,14-15H2,1-2H3,(H,22,25)(H,24,28). The molecular weight excluding hydrogens is 352 g/mol. The Morgan fingerprint density at radius 1 is 1.18 bits per heavy atom. The third-order valence-electron chi connectivity index (χ3n) is 6.27. The van der Waals surface area contributed by atoms with Crippen LogP contribution in [0.25, 0.3) is 0 Å². The molecule has 0 radical (unpaired) electrons. The number of likely N-dealkylation sites (tertiary alicyclic amines) is 1. The minimum atomic E-state index is 0.190. The van der Waals surface area contributed by atoms with Crippen LogP contribution in [0.5, 0.6) is 0 Å². The van der Waals surface area contributed by atoms with Crippen molar-refractivity contribution in [3.63, 3.8) is 0 Å². The van der Waals surface area contributed by atoms with Crippen LogP contribution in [-0.4, -0.2) is 59.5 Å². The van der Waals surface area contributed by atoms with Crippen molar-refractivity contribution < 1.29 is 4.79 Å². The fraction of sp³-hybridized carbons (Fsp3) is 0.762. The van der Waals surface area contributed by atoms with Gasteiger partial charge in [0.15, 0.2) is 5.96 Å². The molecule has 1 aromatic rings. The number of amides is 1. The number of aromatic nitrogens is 2. The van der Waals surface area contributed by atoms with E-state index in [0.717, 1.165) is 25.5 Å². The van der Waals surface area contributed by atoms with Crippen molar-refractivity contribution in [1.82, 2.24) is 25.1 Å². The first-order chi connectivity index (χ1) is 13.7. The average Bonchev–Trinajstić information content (AvgIpc) is 3.24. The van der Waals surface area contributed by atoms with Crippen LogP contribution in [0.2, 0.25) is 0 Å². The lowest BCUT2D eigenvalue weighted by atomic mass is 9.87. The zero-order chi connectivity index (χ0) is 19.8. The highest BCUT2D eigenvalue weighted by Crippen LogP contribution is 2.27. The minimum Gasteiger partial charge on any atom is -0.354 e. The normalized spacial score (nSPS) is 24.2. The fourth-order valence-electron chi connectivity index (χ4n) is 4.53. The largest absolute Gasteiger partial charge is 0.354 e. The quantitative estimate of drug-likeness (QED) is 0.446. The van der Waals surface area contributed by atoms with E-state index >= 15 is 0 Å². The predicted molar refractivity (Wildman–Crippen MR) is 112 cm³/mol. The topological polar surface area (TPSA) is 74.6 Å². The minimum absolute atomic E-state index is 0.190. The molecule has 1 aliphatic carbocycles. The Morgan fingerprint density at radius 2 is 1.96 bits per heavy atom. The lowest BCUT2D eigenvalue weighted by molar-refractivity contribution is -0.122. The van der Waals surface area contributed by atoms with Crippen LogP contribution in [0, 0.1) is 11.8 Å². The van der Waals surface area contributed by atoms with Crippen LogP contribution in [0.4, 0.5) is 0 Å². The van der Waals surface area contributed by atoms with Crippen LogP contribution in [-0.2, 0) is 4.79 Å². The number of hydrogen-bond donors (Lipinski definition) is 2. The van der Waals surface area contributed by atoms with Gasteiger partial charge in [-0.25, -0.2) is 4.98 Å². The van der Waals surface area contributed by atoms with Gasteiger partial charge in [0.05, 0.1) is 12.4 Å². The number of guanidine groups is 1. The van der Waals surface area contributed by atoms with Gasteiger partial charge in [-0.15, -0.1) is 0 Å². The summed E-state index contributed by atoms with van der Waals surface area (Å²) in [4.78, 5) is 23.1. The zero-order valence-electron chi connectivity index (χ0n) is 17.4. The Morgan fingerprint density at radius 3 is 2.68 bits per heavy atom. The van der Waals surface area contributed by atoms with Gasteiger partial charge in [-0.05, 0) is 31.1 Å². The van der Waals surface area contributed by atoms with Crippen LogP contribution in [0.3, 0.4) is 0 Å². The van der Waals surface area contributed by atoms with E-state index in [9.17, 15) is 4.79 Å². The average molecular weight is 389 g/mol. The molecule has 2 aliphatic rings. The fourth-order valence-corrected chi connectivity index (χ4v) is 4.53. The maximum absolute atomic E-state index is 12.1. The second-order valence-electron chi connectivity index (χ2n) is 8.32. The smallest absolute Gasteiger partial charge is 0.220 e. The van der Waals surface area contributed by atoms with Gasteiger partial charge in [0.2, 0.25) is 5.91 Å². The van der Waals surface area contributed by atoms with Crippen molar-refractivity contribution in [2.75, 3.05) is 33.2 Å². The van der Waals surface area contributed by atoms with Crippen LogP contribution in [0.1, 0.15) is 57.9 Å². The maximum atomic E-state index is 12.1. The molecule has 156 valence electrons. The molecule has 2 N–H and O–H groups in total. The summed E-state index contributed by atoms with van der Waals surface area (Å²) in [5.41, 5.74) is 0. The Hall–Kier alpha value is -2.05. The summed E-state index contributed by atoms with van der Waals surface area (Å²) in [5, 5.41) is 6.48. The molecule has 0 spiro atoms. The van der Waals surface area contributed by atoms with Gasteiger partial charge < -0.3 is 20.1 Å². The predicted octanol–water partition coefficient (Wildman–Crippen LogP) is 2.43. The van der Waals surface area contributed by atoms with E-state index in [2.05, 4.69) is 37.0 Å². The zero-order valence-corrected chi connectivity index (χ0v) is 17.4. The Kier molecular flexibility index (Phi) is 7.74. The number of nitrogens with one attached hydrogen (secondary N) is 2. The van der Waals surface area contributed by atoms with Crippen molar-refractivity contribution in [1.29, 1.82) is 0 Å². The number of hydrogen-bond acceptors (Lipinski definition) is 3. The summed E-state index contributed by atoms with van der Waals surface area (Å²) >= 11 is 0. The second-order valence-corrected chi connectivity index (χ2v) is 8.32. The molecule has 1 aromatic heterocycles. The SMILES string of the molecule is CN=C(NCCNC(=O)CC1CCCCC1)N1CCC(C)C(n2ccnc2)C1. The number of imidazole rings is 1. The van der Waals surface area contributed by atoms with E-state index in [0.29, 0.717) is 37.4 Å². The Labute approximate surface area is 169 Å². The lowest BCUT2D eigenvalue weighted by Crippen LogP contribution is -2.50. The van der Waals surface area contributed by atoms with Crippen molar-refractivity contribution >= 4 is 11.9 Å². The molecule has 7 heteroatoms. The highest BCUT2D eigenvalue weighted by molar-refractivity contribution is 5.80. The van der Waals surface area contributed by atoms with Crippen molar-refractivity contribution in [2.24, 2.45) is 16.8 Å². The van der Waals surface area contributed by atoms with Gasteiger partial charge in [0, 0.05) is 52.0 Å². The summed E-state index contributed by atoms with van der Waals surface area (Å²) in [6, 6.07) is 0.407. The lowest BCUT2D eigenvalue weighted by Gasteiger charge is -2.39. The summed E-state index contributed by atoms with van der Waals surface area (Å²) < 4.78 is 2.20. The van der Waals surface area contributed by atoms with E-state index < -0.39 is 0 Å². The van der Waals surface area contributed by atoms with E-state index in [1.54, 1.807) is 0 Å². The Balaban J connectivity index is 1.40. The molecule has 2 atom stereocenters. The molecule has 7 nitrogen and oxygen atoms in total. The van der Waals surface area contributed by atoms with Crippen LogP contribution >= 0.6 is 0 Å². The first-order valence-corrected chi connectivity index (χ1v) is 10.9. The molecule has 1 aliphatic heterocycles. The third kappa shape index (κ3) is 5.72. The number of aliphatic imine (C=N–C) groups is 1. The molecule has 2 heterocycles. The number of nitrogens with zero attached hydrogens (tertiary/aromatic N) is 4. The van der Waals surface area contributed by atoms with Gasteiger partial charge in [-0.1, -0.05) is 26.2 Å². The highest BCUT2D eigenvalue weighted by Gasteiger charge is 2.28. The molecule has 1 saturated heterocycles. The summed E-state index contributed by atoms with van der Waals surface area (Å²) in [5.74, 6) is 2.31. The summed E-state index contributed by atoms with van der Waals surface area (Å²) in [7, 11) is 1.83. The van der Waals surface area contributed by atoms with E-state index in [1.807, 2.05) is 25.8 Å². The summed E-state index contributed by atoms with van der Waals surface area (Å²) in [6.45, 7) is 5.57. The molecule has 1 saturated carbocycles. The first-order valence-electron chi connectivity index (χ1n) is 10.9. The molecule has 0 bridgehead atoms. The number of piperidine rings is 1. The van der Waals surface area contributed by atoms with Gasteiger partial charge in [0.1, 0.15) is 0 Å². The van der Waals surface area contributed by atoms with E-state index in [4.69, 9.17) is 0 Å². The van der Waals surface area contributed by atoms with Crippen LogP contribution < -0.4 is 10.6 Å². The summed E-state index contributed by atoms with van der Waals surface area (Å²) in [6.07, 6.45) is 13.9. The Bertz CT molecular complexity index is 623. The van der Waals surface area contributed by atoms with Crippen LogP contribution in [0.15, 0.2) is 23.7 Å². The monoisotopic (exact) mass is 388 g/mol. The molecule has 2 unspecified atom stereocenters. The molecule has 1 amide bonds.